The summed E-state index contributed by atoms with van der Waals surface area (Å²) in [5, 5.41) is 2.98. The molecule has 5 nitrogen and oxygen atoms in total. The average Bonchev–Trinajstić information content (AvgIpc) is 2.68. The Kier molecular flexibility index (Phi) is 7.81. The van der Waals surface area contributed by atoms with Gasteiger partial charge >= 0.3 is 6.03 Å². The maximum atomic E-state index is 13.8. The van der Waals surface area contributed by atoms with Crippen LogP contribution in [0, 0.1) is 5.82 Å². The summed E-state index contributed by atoms with van der Waals surface area (Å²) in [6.45, 7) is 2.92. The van der Waals surface area contributed by atoms with E-state index in [4.69, 9.17) is 4.74 Å². The number of ether oxygens (including phenoxy) is 1. The number of rotatable bonds is 8. The number of likely N-dealkylation sites (N-methyl/N-ethyl adjacent to an activating group) is 1. The fourth-order valence-corrected chi connectivity index (χ4v) is 3.05. The van der Waals surface area contributed by atoms with E-state index in [1.54, 1.807) is 19.2 Å². The van der Waals surface area contributed by atoms with Crippen LogP contribution in [-0.2, 0) is 13.0 Å². The van der Waals surface area contributed by atoms with Gasteiger partial charge in [0.1, 0.15) is 0 Å². The number of amides is 2. The molecular weight excluding hydrogens is 357 g/mol. The zero-order chi connectivity index (χ0) is 20.7. The quantitative estimate of drug-likeness (QED) is 0.749. The summed E-state index contributed by atoms with van der Waals surface area (Å²) in [4.78, 5) is 16.1. The van der Waals surface area contributed by atoms with Crippen molar-refractivity contribution < 1.29 is 13.9 Å². The molecule has 0 bridgehead atoms. The number of hydrogen-bond acceptors (Lipinski definition) is 3. The second kappa shape index (κ2) is 10.1. The molecule has 0 aliphatic carbocycles. The van der Waals surface area contributed by atoms with Gasteiger partial charge in [0.25, 0.3) is 0 Å². The highest BCUT2D eigenvalue weighted by atomic mass is 19.1. The number of nitrogens with one attached hydrogen (secondary N) is 1. The fourth-order valence-electron chi connectivity index (χ4n) is 3.05. The molecule has 2 aromatic carbocycles. The molecule has 6 heteroatoms. The zero-order valence-electron chi connectivity index (χ0n) is 17.3. The molecule has 0 radical (unpaired) electrons. The van der Waals surface area contributed by atoms with Crippen LogP contribution in [0.15, 0.2) is 42.5 Å². The molecule has 2 aromatic rings. The largest absolute Gasteiger partial charge is 0.494 e. The minimum atomic E-state index is -0.433. The minimum Gasteiger partial charge on any atom is -0.494 e. The monoisotopic (exact) mass is 387 g/mol. The predicted molar refractivity (Wildman–Crippen MR) is 110 cm³/mol. The van der Waals surface area contributed by atoms with E-state index in [-0.39, 0.29) is 17.8 Å². The van der Waals surface area contributed by atoms with Gasteiger partial charge in [-0.1, -0.05) is 37.3 Å². The van der Waals surface area contributed by atoms with Crippen molar-refractivity contribution in [3.63, 3.8) is 0 Å². The summed E-state index contributed by atoms with van der Waals surface area (Å²) < 4.78 is 18.8. The van der Waals surface area contributed by atoms with Crippen molar-refractivity contribution in [1.82, 2.24) is 15.1 Å². The third-order valence-electron chi connectivity index (χ3n) is 4.83. The smallest absolute Gasteiger partial charge is 0.317 e. The van der Waals surface area contributed by atoms with Crippen molar-refractivity contribution in [3.8, 4) is 5.75 Å². The molecule has 2 rings (SSSR count). The lowest BCUT2D eigenvalue weighted by molar-refractivity contribution is 0.200. The van der Waals surface area contributed by atoms with Gasteiger partial charge in [-0.05, 0) is 49.3 Å². The Labute approximate surface area is 167 Å². The molecule has 1 N–H and O–H groups in total. The van der Waals surface area contributed by atoms with Gasteiger partial charge in [-0.25, -0.2) is 9.18 Å². The molecule has 0 aliphatic rings. The van der Waals surface area contributed by atoms with Gasteiger partial charge in [0.05, 0.1) is 13.2 Å². The SMILES string of the molecule is CCc1ccc(C(CNC(=O)N(C)Cc2ccc(OC)c(F)c2)N(C)C)cc1. The molecule has 0 fully saturated rings. The summed E-state index contributed by atoms with van der Waals surface area (Å²) >= 11 is 0. The first kappa shape index (κ1) is 21.7. The molecule has 0 aliphatic heterocycles. The third-order valence-corrected chi connectivity index (χ3v) is 4.83. The van der Waals surface area contributed by atoms with Crippen LogP contribution in [-0.4, -0.2) is 50.6 Å². The van der Waals surface area contributed by atoms with Crippen molar-refractivity contribution >= 4 is 6.03 Å². The summed E-state index contributed by atoms with van der Waals surface area (Å²) in [6, 6.07) is 13.0. The first-order valence-electron chi connectivity index (χ1n) is 9.42. The highest BCUT2D eigenvalue weighted by Crippen LogP contribution is 2.20. The highest BCUT2D eigenvalue weighted by Gasteiger charge is 2.17. The van der Waals surface area contributed by atoms with Crippen molar-refractivity contribution in [1.29, 1.82) is 0 Å². The molecule has 2 amide bonds. The molecule has 1 atom stereocenters. The number of nitrogens with zero attached hydrogens (tertiary/aromatic N) is 2. The van der Waals surface area contributed by atoms with Gasteiger partial charge in [0.15, 0.2) is 11.6 Å². The Bertz CT molecular complexity index is 778. The van der Waals surface area contributed by atoms with Crippen LogP contribution in [0.1, 0.15) is 29.7 Å². The summed E-state index contributed by atoms with van der Waals surface area (Å²) in [7, 11) is 7.11. The van der Waals surface area contributed by atoms with Gasteiger partial charge in [0, 0.05) is 20.1 Å². The predicted octanol–water partition coefficient (Wildman–Crippen LogP) is 3.84. The maximum absolute atomic E-state index is 13.8. The zero-order valence-corrected chi connectivity index (χ0v) is 17.3. The summed E-state index contributed by atoms with van der Waals surface area (Å²) in [6.07, 6.45) is 1.00. The molecule has 0 heterocycles. The van der Waals surface area contributed by atoms with Crippen LogP contribution in [0.3, 0.4) is 0 Å². The number of methoxy groups -OCH3 is 1. The van der Waals surface area contributed by atoms with E-state index in [1.807, 2.05) is 14.1 Å². The standard InChI is InChI=1S/C22H30FN3O2/c1-6-16-7-10-18(11-8-16)20(25(2)3)14-24-22(27)26(4)15-17-9-12-21(28-5)19(23)13-17/h7-13,20H,6,14-15H2,1-5H3,(H,24,27). The van der Waals surface area contributed by atoms with E-state index < -0.39 is 5.82 Å². The van der Waals surface area contributed by atoms with Crippen LogP contribution in [0.25, 0.3) is 0 Å². The Morgan fingerprint density at radius 2 is 1.75 bits per heavy atom. The molecule has 0 saturated heterocycles. The molecule has 0 spiro atoms. The number of carbonyl (C=O) groups is 1. The Balaban J connectivity index is 1.96. The number of hydrogen-bond donors (Lipinski definition) is 1. The van der Waals surface area contributed by atoms with E-state index in [2.05, 4.69) is 41.4 Å². The second-order valence-corrected chi connectivity index (χ2v) is 7.09. The van der Waals surface area contributed by atoms with Gasteiger partial charge in [-0.15, -0.1) is 0 Å². The molecule has 152 valence electrons. The normalized spacial score (nSPS) is 12.0. The lowest BCUT2D eigenvalue weighted by Crippen LogP contribution is -2.41. The number of benzene rings is 2. The molecule has 0 saturated carbocycles. The topological polar surface area (TPSA) is 44.8 Å². The van der Waals surface area contributed by atoms with Crippen molar-refractivity contribution in [3.05, 3.63) is 65.0 Å². The number of carbonyl (C=O) groups excluding carboxylic acids is 1. The van der Waals surface area contributed by atoms with Crippen LogP contribution >= 0.6 is 0 Å². The first-order chi connectivity index (χ1) is 13.3. The van der Waals surface area contributed by atoms with Crippen LogP contribution in [0.4, 0.5) is 9.18 Å². The van der Waals surface area contributed by atoms with E-state index in [1.165, 1.54) is 23.6 Å². The van der Waals surface area contributed by atoms with Crippen LogP contribution in [0.2, 0.25) is 0 Å². The van der Waals surface area contributed by atoms with Gasteiger partial charge in [0.2, 0.25) is 0 Å². The summed E-state index contributed by atoms with van der Waals surface area (Å²) in [5.74, 6) is -0.240. The Hall–Kier alpha value is -2.60. The van der Waals surface area contributed by atoms with Gasteiger partial charge in [-0.2, -0.15) is 0 Å². The average molecular weight is 387 g/mol. The van der Waals surface area contributed by atoms with Crippen molar-refractivity contribution in [2.24, 2.45) is 0 Å². The minimum absolute atomic E-state index is 0.0710. The fraction of sp³-hybridized carbons (Fsp3) is 0.409. The maximum Gasteiger partial charge on any atom is 0.317 e. The van der Waals surface area contributed by atoms with Crippen molar-refractivity contribution in [2.45, 2.75) is 25.9 Å². The first-order valence-corrected chi connectivity index (χ1v) is 9.42. The third kappa shape index (κ3) is 5.70. The molecule has 28 heavy (non-hydrogen) atoms. The second-order valence-electron chi connectivity index (χ2n) is 7.09. The Morgan fingerprint density at radius 3 is 2.29 bits per heavy atom. The number of urea groups is 1. The number of halogens is 1. The van der Waals surface area contributed by atoms with Crippen LogP contribution < -0.4 is 10.1 Å². The summed E-state index contributed by atoms with van der Waals surface area (Å²) in [5.41, 5.74) is 3.15. The highest BCUT2D eigenvalue weighted by molar-refractivity contribution is 5.73. The van der Waals surface area contributed by atoms with Gasteiger partial charge < -0.3 is 19.9 Å². The molecule has 0 aromatic heterocycles. The molecule has 1 unspecified atom stereocenters. The van der Waals surface area contributed by atoms with Crippen molar-refractivity contribution in [2.75, 3.05) is 34.8 Å². The molecular formula is C22H30FN3O2. The van der Waals surface area contributed by atoms with E-state index in [0.717, 1.165) is 12.0 Å². The van der Waals surface area contributed by atoms with Crippen LogP contribution in [0.5, 0.6) is 5.75 Å². The van der Waals surface area contributed by atoms with Gasteiger partial charge in [-0.3, -0.25) is 0 Å². The van der Waals surface area contributed by atoms with E-state index >= 15 is 0 Å². The number of aryl methyl sites for hydroxylation is 1. The van der Waals surface area contributed by atoms with E-state index in [0.29, 0.717) is 18.7 Å². The Morgan fingerprint density at radius 1 is 1.11 bits per heavy atom. The lowest BCUT2D eigenvalue weighted by Gasteiger charge is -2.27. The van der Waals surface area contributed by atoms with E-state index in [9.17, 15) is 9.18 Å². The lowest BCUT2D eigenvalue weighted by atomic mass is 10.0.